The monoisotopic (exact) mass is 310 g/mol. The van der Waals surface area contributed by atoms with Crippen molar-refractivity contribution in [2.45, 2.75) is 39.3 Å². The van der Waals surface area contributed by atoms with Crippen LogP contribution in [0.5, 0.6) is 5.75 Å². The number of halogens is 1. The van der Waals surface area contributed by atoms with Crippen molar-refractivity contribution < 1.29 is 4.74 Å². The SMILES string of the molecule is CC(C)NCc1cccc(Br)c1OCCCC#N. The maximum Gasteiger partial charge on any atom is 0.137 e. The van der Waals surface area contributed by atoms with Crippen molar-refractivity contribution in [3.05, 3.63) is 28.2 Å². The van der Waals surface area contributed by atoms with Gasteiger partial charge in [0.2, 0.25) is 0 Å². The Hall–Kier alpha value is -1.05. The fourth-order valence-electron chi connectivity index (χ4n) is 1.49. The summed E-state index contributed by atoms with van der Waals surface area (Å²) in [7, 11) is 0. The summed E-state index contributed by atoms with van der Waals surface area (Å²) in [5.41, 5.74) is 1.13. The summed E-state index contributed by atoms with van der Waals surface area (Å²) in [6.07, 6.45) is 1.29. The van der Waals surface area contributed by atoms with E-state index < -0.39 is 0 Å². The van der Waals surface area contributed by atoms with E-state index in [-0.39, 0.29) is 0 Å². The molecule has 18 heavy (non-hydrogen) atoms. The van der Waals surface area contributed by atoms with E-state index in [0.29, 0.717) is 19.1 Å². The molecule has 0 spiro atoms. The molecule has 0 aliphatic heterocycles. The molecule has 0 fully saturated rings. The molecule has 0 radical (unpaired) electrons. The summed E-state index contributed by atoms with van der Waals surface area (Å²) in [6, 6.07) is 8.59. The van der Waals surface area contributed by atoms with Crippen LogP contribution in [0.2, 0.25) is 0 Å². The van der Waals surface area contributed by atoms with Crippen LogP contribution in [-0.4, -0.2) is 12.6 Å². The zero-order valence-corrected chi connectivity index (χ0v) is 12.5. The Balaban J connectivity index is 2.65. The fourth-order valence-corrected chi connectivity index (χ4v) is 2.02. The molecular weight excluding hydrogens is 292 g/mol. The summed E-state index contributed by atoms with van der Waals surface area (Å²) in [4.78, 5) is 0. The van der Waals surface area contributed by atoms with Crippen molar-refractivity contribution in [3.63, 3.8) is 0 Å². The first-order valence-corrected chi connectivity index (χ1v) is 6.95. The van der Waals surface area contributed by atoms with Gasteiger partial charge in [-0.1, -0.05) is 26.0 Å². The summed E-state index contributed by atoms with van der Waals surface area (Å²) in [5.74, 6) is 0.878. The number of hydrogen-bond donors (Lipinski definition) is 1. The molecule has 0 amide bonds. The van der Waals surface area contributed by atoms with E-state index in [1.165, 1.54) is 0 Å². The second kappa shape index (κ2) is 8.12. The lowest BCUT2D eigenvalue weighted by atomic mass is 10.2. The van der Waals surface area contributed by atoms with Gasteiger partial charge in [-0.3, -0.25) is 0 Å². The Morgan fingerprint density at radius 1 is 1.44 bits per heavy atom. The molecule has 1 rings (SSSR count). The number of para-hydroxylation sites is 1. The minimum atomic E-state index is 0.440. The fraction of sp³-hybridized carbons (Fsp3) is 0.500. The van der Waals surface area contributed by atoms with Crippen LogP contribution in [0.15, 0.2) is 22.7 Å². The van der Waals surface area contributed by atoms with Crippen LogP contribution in [0.25, 0.3) is 0 Å². The second-order valence-corrected chi connectivity index (χ2v) is 5.23. The molecule has 0 unspecified atom stereocenters. The lowest BCUT2D eigenvalue weighted by Crippen LogP contribution is -2.22. The van der Waals surface area contributed by atoms with Gasteiger partial charge < -0.3 is 10.1 Å². The molecule has 1 N–H and O–H groups in total. The molecule has 0 aliphatic rings. The number of nitriles is 1. The molecule has 0 aliphatic carbocycles. The molecule has 1 aromatic rings. The first-order valence-electron chi connectivity index (χ1n) is 6.15. The predicted molar refractivity (Wildman–Crippen MR) is 76.5 cm³/mol. The number of hydrogen-bond acceptors (Lipinski definition) is 3. The Labute approximate surface area is 117 Å². The molecule has 3 nitrogen and oxygen atoms in total. The van der Waals surface area contributed by atoms with Gasteiger partial charge in [0.05, 0.1) is 17.1 Å². The molecule has 0 saturated heterocycles. The average Bonchev–Trinajstić information content (AvgIpc) is 2.34. The first-order chi connectivity index (χ1) is 8.65. The molecule has 4 heteroatoms. The maximum atomic E-state index is 8.49. The van der Waals surface area contributed by atoms with Gasteiger partial charge in [0.25, 0.3) is 0 Å². The minimum Gasteiger partial charge on any atom is -0.492 e. The Morgan fingerprint density at radius 2 is 2.22 bits per heavy atom. The van der Waals surface area contributed by atoms with Crippen LogP contribution >= 0.6 is 15.9 Å². The van der Waals surface area contributed by atoms with Crippen LogP contribution in [-0.2, 0) is 6.54 Å². The molecule has 0 atom stereocenters. The predicted octanol–water partition coefficient (Wildman–Crippen LogP) is 3.63. The third-order valence-corrected chi connectivity index (χ3v) is 3.05. The number of benzene rings is 1. The van der Waals surface area contributed by atoms with Crippen molar-refractivity contribution in [2.24, 2.45) is 0 Å². The summed E-state index contributed by atoms with van der Waals surface area (Å²) in [6.45, 7) is 5.59. The highest BCUT2D eigenvalue weighted by atomic mass is 79.9. The molecule has 0 aromatic heterocycles. The molecule has 0 heterocycles. The lowest BCUT2D eigenvalue weighted by molar-refractivity contribution is 0.306. The number of nitrogens with one attached hydrogen (secondary N) is 1. The van der Waals surface area contributed by atoms with Gasteiger partial charge in [0.1, 0.15) is 5.75 Å². The molecule has 1 aromatic carbocycles. The van der Waals surface area contributed by atoms with Crippen molar-refractivity contribution >= 4 is 15.9 Å². The third-order valence-electron chi connectivity index (χ3n) is 2.43. The van der Waals surface area contributed by atoms with E-state index >= 15 is 0 Å². The van der Waals surface area contributed by atoms with Crippen molar-refractivity contribution in [3.8, 4) is 11.8 Å². The van der Waals surface area contributed by atoms with Gasteiger partial charge in [-0.15, -0.1) is 0 Å². The Morgan fingerprint density at radius 3 is 2.89 bits per heavy atom. The van der Waals surface area contributed by atoms with Gasteiger partial charge >= 0.3 is 0 Å². The van der Waals surface area contributed by atoms with E-state index in [1.807, 2.05) is 12.1 Å². The highest BCUT2D eigenvalue weighted by Crippen LogP contribution is 2.29. The second-order valence-electron chi connectivity index (χ2n) is 4.37. The summed E-state index contributed by atoms with van der Waals surface area (Å²) in [5, 5.41) is 11.9. The highest BCUT2D eigenvalue weighted by Gasteiger charge is 2.08. The van der Waals surface area contributed by atoms with Gasteiger partial charge in [-0.05, 0) is 28.4 Å². The molecule has 0 bridgehead atoms. The van der Waals surface area contributed by atoms with Crippen molar-refractivity contribution in [1.82, 2.24) is 5.32 Å². The number of unbranched alkanes of at least 4 members (excludes halogenated alkanes) is 1. The van der Waals surface area contributed by atoms with E-state index in [2.05, 4.69) is 47.2 Å². The van der Waals surface area contributed by atoms with Crippen molar-refractivity contribution in [2.75, 3.05) is 6.61 Å². The number of rotatable bonds is 7. The van der Waals surface area contributed by atoms with E-state index in [1.54, 1.807) is 0 Å². The van der Waals surface area contributed by atoms with Gasteiger partial charge in [-0.2, -0.15) is 5.26 Å². The quantitative estimate of drug-likeness (QED) is 0.782. The topological polar surface area (TPSA) is 45.0 Å². The number of nitrogens with zero attached hydrogens (tertiary/aromatic N) is 1. The molecule has 98 valence electrons. The van der Waals surface area contributed by atoms with Crippen LogP contribution in [0, 0.1) is 11.3 Å². The van der Waals surface area contributed by atoms with Crippen molar-refractivity contribution in [1.29, 1.82) is 5.26 Å². The Kier molecular flexibility index (Phi) is 6.77. The van der Waals surface area contributed by atoms with E-state index in [9.17, 15) is 0 Å². The average molecular weight is 311 g/mol. The minimum absolute atomic E-state index is 0.440. The molecule has 0 saturated carbocycles. The summed E-state index contributed by atoms with van der Waals surface area (Å²) < 4.78 is 6.72. The largest absolute Gasteiger partial charge is 0.492 e. The number of ether oxygens (including phenoxy) is 1. The smallest absolute Gasteiger partial charge is 0.137 e. The third kappa shape index (κ3) is 5.07. The van der Waals surface area contributed by atoms with Gasteiger partial charge in [0, 0.05) is 24.6 Å². The van der Waals surface area contributed by atoms with Gasteiger partial charge in [0.15, 0.2) is 0 Å². The van der Waals surface area contributed by atoms with Gasteiger partial charge in [-0.25, -0.2) is 0 Å². The standard InChI is InChI=1S/C14H19BrN2O/c1-11(2)17-10-12-6-5-7-13(15)14(12)18-9-4-3-8-16/h5-7,11,17H,3-4,9-10H2,1-2H3. The summed E-state index contributed by atoms with van der Waals surface area (Å²) >= 11 is 3.51. The highest BCUT2D eigenvalue weighted by molar-refractivity contribution is 9.10. The Bertz CT molecular complexity index is 413. The molecular formula is C14H19BrN2O. The lowest BCUT2D eigenvalue weighted by Gasteiger charge is -2.15. The first kappa shape index (κ1) is 15.0. The van der Waals surface area contributed by atoms with Crippen LogP contribution in [0.1, 0.15) is 32.3 Å². The van der Waals surface area contributed by atoms with E-state index in [4.69, 9.17) is 10.00 Å². The normalized spacial score (nSPS) is 10.4. The van der Waals surface area contributed by atoms with E-state index in [0.717, 1.165) is 28.8 Å². The maximum absolute atomic E-state index is 8.49. The van der Waals surface area contributed by atoms with Crippen LogP contribution in [0.3, 0.4) is 0 Å². The zero-order chi connectivity index (χ0) is 13.4. The van der Waals surface area contributed by atoms with Crippen LogP contribution < -0.4 is 10.1 Å². The van der Waals surface area contributed by atoms with Crippen LogP contribution in [0.4, 0.5) is 0 Å². The zero-order valence-electron chi connectivity index (χ0n) is 10.9.